The Balaban J connectivity index is 1.37. The SMILES string of the molecule is [C-]#[N+]c1c(-c2ccccc2)c(C#N)c(-n2c3ccccc3c3ccc(C)cc32)c(-c2ccccc2)c1-n1c2c(ccc3c4ccccc4sc32)c2ccc3c4ccccc4sc3c21. The Labute approximate surface area is 369 Å². The van der Waals surface area contributed by atoms with Crippen molar-refractivity contribution >= 4 is 112 Å². The lowest BCUT2D eigenvalue weighted by Crippen LogP contribution is -2.09. The van der Waals surface area contributed by atoms with E-state index in [-0.39, 0.29) is 0 Å². The van der Waals surface area contributed by atoms with E-state index >= 15 is 0 Å². The quantitative estimate of drug-likeness (QED) is 0.163. The third-order valence-corrected chi connectivity index (χ3v) is 15.2. The molecule has 0 unspecified atom stereocenters. The standard InChI is InChI=1S/C57H32N4S2/c1-33-25-26-37-36-19-9-12-22-45(36)60(46(37)31-33)52-44(32-58)49(34-15-5-3-6-16-34)51(59-2)55(50(52)35-17-7-4-8-18-35)61-53-40(27-29-42-38-20-10-13-23-47(38)62-56(42)53)41-28-30-43-39-21-11-14-24-48(39)63-57(43)54(41)61/h3-31H,1H3. The zero-order chi connectivity index (χ0) is 41.9. The van der Waals surface area contributed by atoms with Crippen molar-refractivity contribution in [1.82, 2.24) is 9.13 Å². The average molecular weight is 837 g/mol. The summed E-state index contributed by atoms with van der Waals surface area (Å²) < 4.78 is 9.49. The van der Waals surface area contributed by atoms with E-state index in [1.807, 2.05) is 36.4 Å². The van der Waals surface area contributed by atoms with Gasteiger partial charge in [-0.1, -0.05) is 152 Å². The van der Waals surface area contributed by atoms with Crippen LogP contribution in [0.5, 0.6) is 0 Å². The largest absolute Gasteiger partial charge is 0.316 e. The van der Waals surface area contributed by atoms with Crippen LogP contribution in [0.15, 0.2) is 176 Å². The van der Waals surface area contributed by atoms with Gasteiger partial charge < -0.3 is 9.13 Å². The molecule has 0 amide bonds. The van der Waals surface area contributed by atoms with E-state index in [1.165, 1.54) is 30.9 Å². The zero-order valence-electron chi connectivity index (χ0n) is 33.8. The molecule has 0 aliphatic carbocycles. The van der Waals surface area contributed by atoms with E-state index in [1.54, 1.807) is 22.7 Å². The molecule has 0 N–H and O–H groups in total. The average Bonchev–Trinajstić information content (AvgIpc) is 4.08. The first-order chi connectivity index (χ1) is 31.1. The van der Waals surface area contributed by atoms with Crippen LogP contribution in [-0.4, -0.2) is 9.13 Å². The molecule has 4 aromatic heterocycles. The van der Waals surface area contributed by atoms with Gasteiger partial charge in [0.1, 0.15) is 6.07 Å². The fourth-order valence-electron chi connectivity index (χ4n) is 10.2. The maximum absolute atomic E-state index is 11.8. The molecule has 0 bridgehead atoms. The number of aryl methyl sites for hydroxylation is 1. The van der Waals surface area contributed by atoms with Crippen LogP contribution in [-0.2, 0) is 0 Å². The Morgan fingerprint density at radius 3 is 1.56 bits per heavy atom. The summed E-state index contributed by atoms with van der Waals surface area (Å²) in [4.78, 5) is 4.59. The summed E-state index contributed by atoms with van der Waals surface area (Å²) in [5, 5.41) is 21.0. The molecule has 0 atom stereocenters. The summed E-state index contributed by atoms with van der Waals surface area (Å²) in [5.41, 5.74) is 10.8. The lowest BCUT2D eigenvalue weighted by atomic mass is 9.88. The molecule has 0 spiro atoms. The third kappa shape index (κ3) is 4.94. The van der Waals surface area contributed by atoms with Gasteiger partial charge in [0.15, 0.2) is 0 Å². The Morgan fingerprint density at radius 2 is 0.968 bits per heavy atom. The summed E-state index contributed by atoms with van der Waals surface area (Å²) in [5.74, 6) is 0. The minimum Gasteiger partial charge on any atom is -0.316 e. The number of nitrogens with zero attached hydrogens (tertiary/aromatic N) is 4. The molecule has 292 valence electrons. The normalized spacial score (nSPS) is 11.9. The van der Waals surface area contributed by atoms with Crippen molar-refractivity contribution in [1.29, 1.82) is 5.26 Å². The van der Waals surface area contributed by atoms with Gasteiger partial charge in [-0.2, -0.15) is 5.26 Å². The molecule has 13 aromatic rings. The first kappa shape index (κ1) is 35.7. The highest BCUT2D eigenvalue weighted by Gasteiger charge is 2.33. The summed E-state index contributed by atoms with van der Waals surface area (Å²) in [7, 11) is 0. The number of hydrogen-bond acceptors (Lipinski definition) is 3. The number of benzene rings is 9. The van der Waals surface area contributed by atoms with Gasteiger partial charge in [0.25, 0.3) is 0 Å². The Morgan fingerprint density at radius 1 is 0.476 bits per heavy atom. The van der Waals surface area contributed by atoms with Crippen LogP contribution < -0.4 is 0 Å². The van der Waals surface area contributed by atoms with E-state index in [9.17, 15) is 11.8 Å². The van der Waals surface area contributed by atoms with Crippen molar-refractivity contribution < 1.29 is 0 Å². The second kappa shape index (κ2) is 13.5. The number of nitriles is 1. The van der Waals surface area contributed by atoms with Gasteiger partial charge >= 0.3 is 0 Å². The molecule has 4 heterocycles. The highest BCUT2D eigenvalue weighted by atomic mass is 32.1. The molecule has 0 radical (unpaired) electrons. The number of fused-ring (bicyclic) bond motifs is 14. The number of rotatable bonds is 4. The van der Waals surface area contributed by atoms with Crippen LogP contribution in [0.4, 0.5) is 5.69 Å². The van der Waals surface area contributed by atoms with E-state index in [0.29, 0.717) is 16.8 Å². The summed E-state index contributed by atoms with van der Waals surface area (Å²) in [6.07, 6.45) is 0. The van der Waals surface area contributed by atoms with Crippen molar-refractivity contribution in [2.75, 3.05) is 0 Å². The third-order valence-electron chi connectivity index (χ3n) is 12.8. The van der Waals surface area contributed by atoms with Crippen molar-refractivity contribution in [2.45, 2.75) is 6.92 Å². The number of thiophene rings is 2. The zero-order valence-corrected chi connectivity index (χ0v) is 35.5. The molecule has 0 aliphatic heterocycles. The number of aromatic nitrogens is 2. The molecule has 63 heavy (non-hydrogen) atoms. The fourth-order valence-corrected chi connectivity index (χ4v) is 12.7. The molecule has 9 aromatic carbocycles. The molecule has 0 fully saturated rings. The monoisotopic (exact) mass is 836 g/mol. The molecule has 0 aliphatic rings. The molecular weight excluding hydrogens is 805 g/mol. The first-order valence-corrected chi connectivity index (χ1v) is 22.6. The van der Waals surface area contributed by atoms with Crippen molar-refractivity contribution in [2.24, 2.45) is 0 Å². The molecule has 13 rings (SSSR count). The Hall–Kier alpha value is -8.00. The molecular formula is C57H32N4S2. The summed E-state index contributed by atoms with van der Waals surface area (Å²) in [6, 6.07) is 64.8. The van der Waals surface area contributed by atoms with Crippen molar-refractivity contribution in [3.05, 3.63) is 198 Å². The lowest BCUT2D eigenvalue weighted by Gasteiger charge is -2.26. The molecule has 0 saturated carbocycles. The number of hydrogen-bond donors (Lipinski definition) is 0. The smallest absolute Gasteiger partial charge is 0.220 e. The second-order valence-corrected chi connectivity index (χ2v) is 18.3. The molecule has 6 heteroatoms. The number of para-hydroxylation sites is 1. The van der Waals surface area contributed by atoms with Gasteiger partial charge in [0.2, 0.25) is 5.69 Å². The van der Waals surface area contributed by atoms with Crippen LogP contribution in [0.25, 0.3) is 122 Å². The highest BCUT2D eigenvalue weighted by molar-refractivity contribution is 7.27. The highest BCUT2D eigenvalue weighted by Crippen LogP contribution is 2.54. The molecule has 0 saturated heterocycles. The maximum Gasteiger partial charge on any atom is 0.220 e. The minimum absolute atomic E-state index is 0.437. The maximum atomic E-state index is 11.8. The molecule has 4 nitrogen and oxygen atoms in total. The lowest BCUT2D eigenvalue weighted by molar-refractivity contribution is 1.14. The first-order valence-electron chi connectivity index (χ1n) is 20.9. The van der Waals surface area contributed by atoms with Crippen LogP contribution in [0.2, 0.25) is 0 Å². The van der Waals surface area contributed by atoms with Crippen molar-refractivity contribution in [3.63, 3.8) is 0 Å². The van der Waals surface area contributed by atoms with E-state index in [2.05, 4.69) is 166 Å². The van der Waals surface area contributed by atoms with Crippen LogP contribution >= 0.6 is 22.7 Å². The predicted molar refractivity (Wildman–Crippen MR) is 267 cm³/mol. The van der Waals surface area contributed by atoms with E-state index in [0.717, 1.165) is 86.6 Å². The Bertz CT molecular complexity index is 4040. The topological polar surface area (TPSA) is 38.0 Å². The van der Waals surface area contributed by atoms with Crippen LogP contribution in [0.3, 0.4) is 0 Å². The van der Waals surface area contributed by atoms with Gasteiger partial charge in [-0.15, -0.1) is 22.7 Å². The van der Waals surface area contributed by atoms with Gasteiger partial charge in [-0.25, -0.2) is 4.85 Å². The van der Waals surface area contributed by atoms with E-state index < -0.39 is 0 Å². The van der Waals surface area contributed by atoms with Crippen molar-refractivity contribution in [3.8, 4) is 39.7 Å². The van der Waals surface area contributed by atoms with E-state index in [4.69, 9.17) is 0 Å². The summed E-state index contributed by atoms with van der Waals surface area (Å²) in [6.45, 7) is 11.5. The second-order valence-electron chi connectivity index (χ2n) is 16.2. The van der Waals surface area contributed by atoms with Crippen LogP contribution in [0.1, 0.15) is 11.1 Å². The van der Waals surface area contributed by atoms with Gasteiger partial charge in [-0.3, -0.25) is 0 Å². The van der Waals surface area contributed by atoms with Gasteiger partial charge in [-0.05, 0) is 47.9 Å². The summed E-state index contributed by atoms with van der Waals surface area (Å²) >= 11 is 3.61. The van der Waals surface area contributed by atoms with Gasteiger partial charge in [0, 0.05) is 63.6 Å². The minimum atomic E-state index is 0.437. The van der Waals surface area contributed by atoms with Crippen LogP contribution in [0, 0.1) is 24.8 Å². The van der Waals surface area contributed by atoms with Gasteiger partial charge in [0.05, 0.1) is 55.0 Å². The fraction of sp³-hybridized carbons (Fsp3) is 0.0175. The predicted octanol–water partition coefficient (Wildman–Crippen LogP) is 16.7. The Kier molecular flexibility index (Phi) is 7.66.